The molecule has 4 nitrogen and oxygen atoms in total. The lowest BCUT2D eigenvalue weighted by Gasteiger charge is -2.57. The summed E-state index contributed by atoms with van der Waals surface area (Å²) in [5.74, 6) is 3.37. The minimum atomic E-state index is -0.119. The number of anilines is 1. The van der Waals surface area contributed by atoms with E-state index in [-0.39, 0.29) is 5.91 Å². The molecule has 4 saturated carbocycles. The highest BCUT2D eigenvalue weighted by Crippen LogP contribution is 2.60. The largest absolute Gasteiger partial charge is 0.487 e. The standard InChI is InChI=1S/C27H27ClN2O2S/c28-22-5-7-24(8-6-22)32-15-23-16-33-26(29-23)30-25(31)20-1-3-21(4-2-20)27-12-17-9-18(13-27)11-19(10-17)14-27/h1-8,16-19H,9-15H2,(H,29,30,31). The summed E-state index contributed by atoms with van der Waals surface area (Å²) in [6, 6.07) is 15.6. The summed E-state index contributed by atoms with van der Waals surface area (Å²) in [6.45, 7) is 0.341. The predicted molar refractivity (Wildman–Crippen MR) is 132 cm³/mol. The predicted octanol–water partition coefficient (Wildman–Crippen LogP) is 7.10. The number of thiazole rings is 1. The molecular formula is C27H27ClN2O2S. The monoisotopic (exact) mass is 478 g/mol. The fourth-order valence-corrected chi connectivity index (χ4v) is 7.54. The van der Waals surface area contributed by atoms with Crippen molar-refractivity contribution in [3.05, 3.63) is 75.8 Å². The van der Waals surface area contributed by atoms with Crippen LogP contribution in [-0.4, -0.2) is 10.9 Å². The first-order valence-corrected chi connectivity index (χ1v) is 13.1. The first-order chi connectivity index (χ1) is 16.0. The summed E-state index contributed by atoms with van der Waals surface area (Å²) in [6.07, 6.45) is 8.35. The van der Waals surface area contributed by atoms with Crippen molar-refractivity contribution in [3.63, 3.8) is 0 Å². The van der Waals surface area contributed by atoms with Gasteiger partial charge < -0.3 is 4.74 Å². The fraction of sp³-hybridized carbons (Fsp3) is 0.407. The maximum absolute atomic E-state index is 12.8. The molecule has 1 amide bonds. The summed E-state index contributed by atoms with van der Waals surface area (Å²) in [4.78, 5) is 17.3. The van der Waals surface area contributed by atoms with Gasteiger partial charge in [-0.2, -0.15) is 0 Å². The molecule has 4 fully saturated rings. The number of hydrogen-bond acceptors (Lipinski definition) is 4. The molecule has 33 heavy (non-hydrogen) atoms. The second-order valence-electron chi connectivity index (χ2n) is 10.1. The van der Waals surface area contributed by atoms with E-state index in [9.17, 15) is 4.79 Å². The van der Waals surface area contributed by atoms with E-state index < -0.39 is 0 Å². The van der Waals surface area contributed by atoms with Gasteiger partial charge in [-0.25, -0.2) is 4.98 Å². The van der Waals surface area contributed by atoms with Crippen LogP contribution in [0.2, 0.25) is 5.02 Å². The van der Waals surface area contributed by atoms with Crippen LogP contribution < -0.4 is 10.1 Å². The highest BCUT2D eigenvalue weighted by Gasteiger charge is 2.51. The molecule has 4 aliphatic rings. The maximum Gasteiger partial charge on any atom is 0.257 e. The average molecular weight is 479 g/mol. The van der Waals surface area contributed by atoms with Crippen LogP contribution in [0, 0.1) is 17.8 Å². The lowest BCUT2D eigenvalue weighted by atomic mass is 9.48. The Balaban J connectivity index is 1.08. The number of amides is 1. The lowest BCUT2D eigenvalue weighted by molar-refractivity contribution is -0.00519. The van der Waals surface area contributed by atoms with Gasteiger partial charge in [-0.15, -0.1) is 11.3 Å². The third kappa shape index (κ3) is 4.29. The molecule has 6 heteroatoms. The van der Waals surface area contributed by atoms with E-state index in [0.717, 1.165) is 29.2 Å². The SMILES string of the molecule is O=C(Nc1nc(COc2ccc(Cl)cc2)cs1)c1ccc(C23CC4CC(CC(C4)C2)C3)cc1. The first kappa shape index (κ1) is 21.2. The topological polar surface area (TPSA) is 51.2 Å². The Hall–Kier alpha value is -2.37. The highest BCUT2D eigenvalue weighted by atomic mass is 35.5. The third-order valence-corrected chi connectivity index (χ3v) is 8.83. The molecule has 1 aromatic heterocycles. The van der Waals surface area contributed by atoms with Crippen LogP contribution in [0.3, 0.4) is 0 Å². The number of nitrogens with zero attached hydrogens (tertiary/aromatic N) is 1. The molecule has 0 saturated heterocycles. The van der Waals surface area contributed by atoms with Gasteiger partial charge in [0.15, 0.2) is 5.13 Å². The van der Waals surface area contributed by atoms with Crippen molar-refractivity contribution in [1.29, 1.82) is 0 Å². The third-order valence-electron chi connectivity index (χ3n) is 7.77. The van der Waals surface area contributed by atoms with Gasteiger partial charge in [0.1, 0.15) is 12.4 Å². The van der Waals surface area contributed by atoms with Crippen LogP contribution in [0.1, 0.15) is 60.1 Å². The van der Waals surface area contributed by atoms with Crippen molar-refractivity contribution in [2.75, 3.05) is 5.32 Å². The summed E-state index contributed by atoms with van der Waals surface area (Å²) >= 11 is 7.31. The van der Waals surface area contributed by atoms with Crippen molar-refractivity contribution in [2.45, 2.75) is 50.5 Å². The van der Waals surface area contributed by atoms with Gasteiger partial charge in [0.05, 0.1) is 5.69 Å². The van der Waals surface area contributed by atoms with Gasteiger partial charge in [-0.1, -0.05) is 23.7 Å². The van der Waals surface area contributed by atoms with E-state index in [2.05, 4.69) is 22.4 Å². The molecule has 7 rings (SSSR count). The molecule has 1 heterocycles. The molecule has 4 aliphatic carbocycles. The molecule has 2 aromatic carbocycles. The number of aromatic nitrogens is 1. The van der Waals surface area contributed by atoms with E-state index in [4.69, 9.17) is 16.3 Å². The maximum atomic E-state index is 12.8. The Morgan fingerprint density at radius 2 is 1.64 bits per heavy atom. The van der Waals surface area contributed by atoms with Gasteiger partial charge in [0.25, 0.3) is 5.91 Å². The average Bonchev–Trinajstić information content (AvgIpc) is 3.25. The summed E-state index contributed by atoms with van der Waals surface area (Å²) in [5.41, 5.74) is 3.26. The van der Waals surface area contributed by atoms with Crippen molar-refractivity contribution < 1.29 is 9.53 Å². The second-order valence-corrected chi connectivity index (χ2v) is 11.4. The zero-order valence-electron chi connectivity index (χ0n) is 18.4. The number of rotatable bonds is 6. The Kier molecular flexibility index (Phi) is 5.42. The minimum Gasteiger partial charge on any atom is -0.487 e. The Bertz CT molecular complexity index is 1120. The van der Waals surface area contributed by atoms with E-state index in [1.54, 1.807) is 12.1 Å². The number of carbonyl (C=O) groups excluding carboxylic acids is 1. The van der Waals surface area contributed by atoms with Gasteiger partial charge in [0, 0.05) is 16.0 Å². The van der Waals surface area contributed by atoms with Crippen molar-refractivity contribution >= 4 is 34.0 Å². The minimum absolute atomic E-state index is 0.119. The van der Waals surface area contributed by atoms with Gasteiger partial charge in [-0.05, 0) is 104 Å². The second kappa shape index (κ2) is 8.44. The quantitative estimate of drug-likeness (QED) is 0.411. The number of hydrogen-bond donors (Lipinski definition) is 1. The normalized spacial score (nSPS) is 27.5. The van der Waals surface area contributed by atoms with Crippen LogP contribution >= 0.6 is 22.9 Å². The van der Waals surface area contributed by atoms with E-state index >= 15 is 0 Å². The smallest absolute Gasteiger partial charge is 0.257 e. The molecule has 0 aliphatic heterocycles. The Labute approximate surface area is 203 Å². The molecule has 4 bridgehead atoms. The molecule has 0 unspecified atom stereocenters. The number of nitrogens with one attached hydrogen (secondary N) is 1. The highest BCUT2D eigenvalue weighted by molar-refractivity contribution is 7.14. The van der Waals surface area contributed by atoms with Gasteiger partial charge in [-0.3, -0.25) is 10.1 Å². The van der Waals surface area contributed by atoms with Gasteiger partial charge >= 0.3 is 0 Å². The van der Waals surface area contributed by atoms with E-state index in [1.165, 1.54) is 55.4 Å². The molecule has 170 valence electrons. The Morgan fingerprint density at radius 1 is 1.00 bits per heavy atom. The van der Waals surface area contributed by atoms with Crippen molar-refractivity contribution in [1.82, 2.24) is 4.98 Å². The van der Waals surface area contributed by atoms with Gasteiger partial charge in [0.2, 0.25) is 0 Å². The van der Waals surface area contributed by atoms with Crippen molar-refractivity contribution in [2.24, 2.45) is 17.8 Å². The van der Waals surface area contributed by atoms with Crippen LogP contribution in [-0.2, 0) is 12.0 Å². The van der Waals surface area contributed by atoms with Crippen LogP contribution in [0.5, 0.6) is 5.75 Å². The van der Waals surface area contributed by atoms with Crippen LogP contribution in [0.15, 0.2) is 53.9 Å². The Morgan fingerprint density at radius 3 is 2.27 bits per heavy atom. The summed E-state index contributed by atoms with van der Waals surface area (Å²) in [7, 11) is 0. The number of halogens is 1. The molecule has 0 atom stereocenters. The molecule has 1 N–H and O–H groups in total. The molecular weight excluding hydrogens is 452 g/mol. The number of ether oxygens (including phenoxy) is 1. The first-order valence-electron chi connectivity index (χ1n) is 11.8. The zero-order valence-corrected chi connectivity index (χ0v) is 20.0. The van der Waals surface area contributed by atoms with Crippen molar-refractivity contribution in [3.8, 4) is 5.75 Å². The summed E-state index contributed by atoms with van der Waals surface area (Å²) < 4.78 is 5.74. The molecule has 0 spiro atoms. The molecule has 0 radical (unpaired) electrons. The fourth-order valence-electron chi connectivity index (χ4n) is 6.73. The van der Waals surface area contributed by atoms with E-state index in [1.807, 2.05) is 29.6 Å². The van der Waals surface area contributed by atoms with Crippen LogP contribution in [0.4, 0.5) is 5.13 Å². The van der Waals surface area contributed by atoms with E-state index in [0.29, 0.717) is 27.7 Å². The summed E-state index contributed by atoms with van der Waals surface area (Å²) in [5, 5.41) is 6.10. The molecule has 3 aromatic rings. The lowest BCUT2D eigenvalue weighted by Crippen LogP contribution is -2.48. The zero-order chi connectivity index (χ0) is 22.4. The number of carbonyl (C=O) groups is 1. The van der Waals surface area contributed by atoms with Crippen LogP contribution in [0.25, 0.3) is 0 Å². The number of benzene rings is 2.